The van der Waals surface area contributed by atoms with Crippen LogP contribution in [0.4, 0.5) is 17.3 Å². The zero-order valence-electron chi connectivity index (χ0n) is 18.1. The maximum atomic E-state index is 13.0. The van der Waals surface area contributed by atoms with E-state index >= 15 is 0 Å². The number of nitrogens with one attached hydrogen (secondary N) is 2. The average Bonchev–Trinajstić information content (AvgIpc) is 3.42. The van der Waals surface area contributed by atoms with E-state index in [4.69, 9.17) is 5.73 Å². The van der Waals surface area contributed by atoms with Crippen molar-refractivity contribution in [3.05, 3.63) is 53.7 Å². The SMILES string of the molecule is CNc1cc2c(cc1N(C)O)nc(NC(=O)c1ccc(-c3ccncc3)s1)n2CCC(N)=O. The Hall–Kier alpha value is -3.96. The third kappa shape index (κ3) is 4.64. The molecular formula is C22H23N7O3S. The number of imidazole rings is 1. The second-order valence-corrected chi connectivity index (χ2v) is 8.37. The molecule has 0 saturated heterocycles. The molecule has 0 atom stereocenters. The monoisotopic (exact) mass is 465 g/mol. The lowest BCUT2D eigenvalue weighted by atomic mass is 10.2. The number of aryl methyl sites for hydroxylation is 1. The molecule has 0 radical (unpaired) electrons. The number of nitrogens with zero attached hydrogens (tertiary/aromatic N) is 4. The van der Waals surface area contributed by atoms with Crippen LogP contribution in [0.2, 0.25) is 0 Å². The minimum Gasteiger partial charge on any atom is -0.386 e. The number of hydrogen-bond donors (Lipinski definition) is 4. The molecule has 0 aliphatic rings. The molecule has 4 rings (SSSR count). The number of amides is 2. The number of anilines is 3. The van der Waals surface area contributed by atoms with Crippen LogP contribution in [-0.2, 0) is 11.3 Å². The number of nitrogens with two attached hydrogens (primary N) is 1. The maximum absolute atomic E-state index is 13.0. The molecule has 5 N–H and O–H groups in total. The van der Waals surface area contributed by atoms with Gasteiger partial charge in [0.05, 0.1) is 27.3 Å². The van der Waals surface area contributed by atoms with E-state index < -0.39 is 5.91 Å². The highest BCUT2D eigenvalue weighted by Gasteiger charge is 2.19. The summed E-state index contributed by atoms with van der Waals surface area (Å²) in [4.78, 5) is 34.5. The van der Waals surface area contributed by atoms with Gasteiger partial charge in [-0.15, -0.1) is 11.3 Å². The first-order chi connectivity index (χ1) is 15.9. The summed E-state index contributed by atoms with van der Waals surface area (Å²) >= 11 is 1.36. The van der Waals surface area contributed by atoms with E-state index in [0.29, 0.717) is 27.3 Å². The van der Waals surface area contributed by atoms with Crippen molar-refractivity contribution in [3.63, 3.8) is 0 Å². The molecule has 3 heterocycles. The van der Waals surface area contributed by atoms with Gasteiger partial charge in [0, 0.05) is 44.3 Å². The largest absolute Gasteiger partial charge is 0.386 e. The van der Waals surface area contributed by atoms with Gasteiger partial charge in [-0.05, 0) is 42.0 Å². The van der Waals surface area contributed by atoms with Crippen molar-refractivity contribution >= 4 is 51.5 Å². The van der Waals surface area contributed by atoms with Crippen molar-refractivity contribution in [2.75, 3.05) is 29.8 Å². The molecule has 11 heteroatoms. The third-order valence-corrected chi connectivity index (χ3v) is 6.22. The predicted octanol–water partition coefficient (Wildman–Crippen LogP) is 3.15. The normalized spacial score (nSPS) is 10.9. The Bertz CT molecular complexity index is 1310. The highest BCUT2D eigenvalue weighted by molar-refractivity contribution is 7.17. The fourth-order valence-corrected chi connectivity index (χ4v) is 4.37. The number of carbonyl (C=O) groups is 2. The molecule has 170 valence electrons. The molecule has 0 saturated carbocycles. The van der Waals surface area contributed by atoms with Crippen LogP contribution in [0.5, 0.6) is 0 Å². The lowest BCUT2D eigenvalue weighted by Gasteiger charge is -2.16. The Morgan fingerprint density at radius 1 is 1.21 bits per heavy atom. The number of thiophene rings is 1. The molecule has 4 aromatic rings. The molecule has 2 amide bonds. The second kappa shape index (κ2) is 9.27. The van der Waals surface area contributed by atoms with E-state index in [1.807, 2.05) is 18.2 Å². The highest BCUT2D eigenvalue weighted by atomic mass is 32.1. The first-order valence-electron chi connectivity index (χ1n) is 10.1. The van der Waals surface area contributed by atoms with E-state index in [1.54, 1.807) is 42.2 Å². The number of carbonyl (C=O) groups excluding carboxylic acids is 2. The molecule has 10 nitrogen and oxygen atoms in total. The number of pyridine rings is 1. The topological polar surface area (TPSA) is 138 Å². The summed E-state index contributed by atoms with van der Waals surface area (Å²) < 4.78 is 1.73. The first kappa shape index (κ1) is 22.2. The summed E-state index contributed by atoms with van der Waals surface area (Å²) in [6.45, 7) is 0.242. The third-order valence-electron chi connectivity index (χ3n) is 5.09. The zero-order valence-corrected chi connectivity index (χ0v) is 18.9. The van der Waals surface area contributed by atoms with Crippen molar-refractivity contribution in [1.29, 1.82) is 0 Å². The standard InChI is InChI=1S/C22H23N7O3S/c1-24-14-11-17-15(12-16(14)28(2)32)26-22(29(17)10-7-20(23)30)27-21(31)19-4-3-18(33-19)13-5-8-25-9-6-13/h3-6,8-9,11-12,24,32H,7,10H2,1-2H3,(H2,23,30)(H,26,27,31). The van der Waals surface area contributed by atoms with Gasteiger partial charge in [-0.2, -0.15) is 0 Å². The Kier molecular flexibility index (Phi) is 6.24. The molecule has 0 unspecified atom stereocenters. The number of fused-ring (bicyclic) bond motifs is 1. The fraction of sp³-hybridized carbons (Fsp3) is 0.182. The van der Waals surface area contributed by atoms with E-state index in [1.165, 1.54) is 18.4 Å². The lowest BCUT2D eigenvalue weighted by molar-refractivity contribution is -0.118. The molecular weight excluding hydrogens is 442 g/mol. The molecule has 0 bridgehead atoms. The summed E-state index contributed by atoms with van der Waals surface area (Å²) in [7, 11) is 3.24. The summed E-state index contributed by atoms with van der Waals surface area (Å²) in [6.07, 6.45) is 3.48. The first-order valence-corrected chi connectivity index (χ1v) is 10.9. The fourth-order valence-electron chi connectivity index (χ4n) is 3.47. The Morgan fingerprint density at radius 3 is 2.64 bits per heavy atom. The quantitative estimate of drug-likeness (QED) is 0.293. The molecule has 0 aliphatic carbocycles. The van der Waals surface area contributed by atoms with Gasteiger partial charge in [0.25, 0.3) is 5.91 Å². The Labute approximate surface area is 193 Å². The molecule has 0 fully saturated rings. The van der Waals surface area contributed by atoms with Crippen LogP contribution >= 0.6 is 11.3 Å². The summed E-state index contributed by atoms with van der Waals surface area (Å²) in [5.41, 5.74) is 8.74. The van der Waals surface area contributed by atoms with Gasteiger partial charge in [0.2, 0.25) is 11.9 Å². The summed E-state index contributed by atoms with van der Waals surface area (Å²) in [5, 5.41) is 16.8. The van der Waals surface area contributed by atoms with Crippen LogP contribution in [0.1, 0.15) is 16.1 Å². The van der Waals surface area contributed by atoms with Gasteiger partial charge in [-0.25, -0.2) is 4.98 Å². The van der Waals surface area contributed by atoms with E-state index in [9.17, 15) is 14.8 Å². The van der Waals surface area contributed by atoms with E-state index in [2.05, 4.69) is 20.6 Å². The highest BCUT2D eigenvalue weighted by Crippen LogP contribution is 2.32. The number of primary amides is 1. The Morgan fingerprint density at radius 2 is 1.97 bits per heavy atom. The van der Waals surface area contributed by atoms with Crippen molar-refractivity contribution in [3.8, 4) is 10.4 Å². The molecule has 3 aromatic heterocycles. The second-order valence-electron chi connectivity index (χ2n) is 7.29. The van der Waals surface area contributed by atoms with E-state index in [-0.39, 0.29) is 24.8 Å². The molecule has 0 spiro atoms. The number of hydroxylamine groups is 1. The van der Waals surface area contributed by atoms with Crippen LogP contribution < -0.4 is 21.4 Å². The van der Waals surface area contributed by atoms with Gasteiger partial charge in [-0.1, -0.05) is 0 Å². The summed E-state index contributed by atoms with van der Waals surface area (Å²) in [6, 6.07) is 10.9. The number of hydrogen-bond acceptors (Lipinski definition) is 8. The lowest BCUT2D eigenvalue weighted by Crippen LogP contribution is -2.18. The predicted molar refractivity (Wildman–Crippen MR) is 129 cm³/mol. The zero-order chi connectivity index (χ0) is 23.5. The smallest absolute Gasteiger partial charge is 0.268 e. The van der Waals surface area contributed by atoms with Crippen LogP contribution in [-0.4, -0.2) is 45.7 Å². The Balaban J connectivity index is 1.70. The van der Waals surface area contributed by atoms with Crippen molar-refractivity contribution in [2.24, 2.45) is 5.73 Å². The number of rotatable bonds is 8. The van der Waals surface area contributed by atoms with Gasteiger partial charge >= 0.3 is 0 Å². The number of aromatic nitrogens is 3. The van der Waals surface area contributed by atoms with Crippen LogP contribution in [0.3, 0.4) is 0 Å². The van der Waals surface area contributed by atoms with Crippen molar-refractivity contribution in [1.82, 2.24) is 14.5 Å². The van der Waals surface area contributed by atoms with E-state index in [0.717, 1.165) is 15.5 Å². The van der Waals surface area contributed by atoms with Gasteiger partial charge < -0.3 is 15.6 Å². The van der Waals surface area contributed by atoms with Crippen LogP contribution in [0, 0.1) is 0 Å². The minimum atomic E-state index is -0.463. The molecule has 33 heavy (non-hydrogen) atoms. The van der Waals surface area contributed by atoms with Gasteiger partial charge in [0.15, 0.2) is 0 Å². The van der Waals surface area contributed by atoms with Gasteiger partial charge in [0.1, 0.15) is 0 Å². The molecule has 1 aromatic carbocycles. The minimum absolute atomic E-state index is 0.0794. The molecule has 0 aliphatic heterocycles. The number of benzene rings is 1. The van der Waals surface area contributed by atoms with Crippen LogP contribution in [0.25, 0.3) is 21.5 Å². The maximum Gasteiger partial charge on any atom is 0.268 e. The average molecular weight is 466 g/mol. The van der Waals surface area contributed by atoms with Gasteiger partial charge in [-0.3, -0.25) is 30.2 Å². The summed E-state index contributed by atoms with van der Waals surface area (Å²) in [5.74, 6) is -0.492. The van der Waals surface area contributed by atoms with Crippen molar-refractivity contribution in [2.45, 2.75) is 13.0 Å². The van der Waals surface area contributed by atoms with Crippen LogP contribution in [0.15, 0.2) is 48.8 Å². The van der Waals surface area contributed by atoms with Crippen molar-refractivity contribution < 1.29 is 14.8 Å².